The predicted molar refractivity (Wildman–Crippen MR) is 256 cm³/mol. The highest BCUT2D eigenvalue weighted by Crippen LogP contribution is 2.38. The van der Waals surface area contributed by atoms with Crippen LogP contribution in [0.5, 0.6) is 0 Å². The van der Waals surface area contributed by atoms with E-state index in [1.807, 2.05) is 78.9 Å². The van der Waals surface area contributed by atoms with E-state index in [4.69, 9.17) is 32.8 Å². The Hall–Kier alpha value is -8.41. The van der Waals surface area contributed by atoms with Gasteiger partial charge in [-0.2, -0.15) is 15.0 Å². The molecule has 9 aromatic carbocycles. The van der Waals surface area contributed by atoms with Crippen LogP contribution in [-0.4, -0.2) is 24.1 Å². The number of hydrogen-bond acceptors (Lipinski definition) is 3. The van der Waals surface area contributed by atoms with E-state index in [0.717, 1.165) is 42.5 Å². The van der Waals surface area contributed by atoms with Gasteiger partial charge in [-0.25, -0.2) is 0 Å². The Balaban J connectivity index is 1.19. The Morgan fingerprint density at radius 3 is 1.31 bits per heavy atom. The first-order valence-corrected chi connectivity index (χ1v) is 19.3. The summed E-state index contributed by atoms with van der Waals surface area (Å²) in [6.07, 6.45) is 0. The highest BCUT2D eigenvalue weighted by Gasteiger charge is 2.21. The van der Waals surface area contributed by atoms with E-state index < -0.39 is 160 Å². The molecule has 12 aromatic rings. The van der Waals surface area contributed by atoms with Crippen molar-refractivity contribution in [3.05, 3.63) is 224 Å². The van der Waals surface area contributed by atoms with E-state index in [2.05, 4.69) is 0 Å². The molecule has 0 N–H and O–H groups in total. The van der Waals surface area contributed by atoms with Gasteiger partial charge in [-0.15, -0.1) is 0 Å². The topological polar surface area (TPSA) is 48.5 Å². The number of nitrogens with zero attached hydrogens (tertiary/aromatic N) is 5. The van der Waals surface area contributed by atoms with Crippen molar-refractivity contribution in [2.45, 2.75) is 0 Å². The number of benzene rings is 9. The summed E-state index contributed by atoms with van der Waals surface area (Å²) >= 11 is 0. The number of para-hydroxylation sites is 3. The zero-order chi connectivity index (χ0) is 58.4. The molecule has 0 unspecified atom stereocenters. The summed E-state index contributed by atoms with van der Waals surface area (Å²) in [6.45, 7) is 0. The van der Waals surface area contributed by atoms with Gasteiger partial charge in [-0.1, -0.05) is 200 Å². The van der Waals surface area contributed by atoms with Gasteiger partial charge in [0.15, 0.2) is 5.82 Å². The number of rotatable bonds is 7. The molecule has 0 aliphatic rings. The predicted octanol–water partition coefficient (Wildman–Crippen LogP) is 14.4. The van der Waals surface area contributed by atoms with Crippen molar-refractivity contribution in [3.8, 4) is 67.8 Å². The van der Waals surface area contributed by atoms with Crippen LogP contribution in [0.15, 0.2) is 224 Å². The van der Waals surface area contributed by atoms with Crippen molar-refractivity contribution in [2.75, 3.05) is 0 Å². The van der Waals surface area contributed by atoms with Gasteiger partial charge in [-0.05, 0) is 68.7 Å². The SMILES string of the molecule is [2H]c1c([2H])c([2H])c(-c2c([2H])c([2H])c3c4c([2H])c([2H])c([2H])c([2H])c4n(-c4nc(-c5ccc(-c6ccccc6-c6ccc(-c7ccccc7)cc6)cc5)nc(-n5c6c([2H])c([2H])c([2H])c([2H])c6c6c([2H])c([2H])c([2H])c([2H])c65)n4)c3c2[2H])c([2H])c1[2H]. The maximum atomic E-state index is 9.90. The van der Waals surface area contributed by atoms with Gasteiger partial charge in [0.25, 0.3) is 0 Å². The van der Waals surface area contributed by atoms with Crippen LogP contribution in [0.25, 0.3) is 111 Å². The second-order valence-electron chi connectivity index (χ2n) is 14.1. The lowest BCUT2D eigenvalue weighted by Gasteiger charge is -2.14. The minimum Gasteiger partial charge on any atom is -0.278 e. The zero-order valence-electron chi connectivity index (χ0n) is 52.1. The lowest BCUT2D eigenvalue weighted by Crippen LogP contribution is -2.10. The van der Waals surface area contributed by atoms with E-state index >= 15 is 0 Å². The molecule has 5 nitrogen and oxygen atoms in total. The quantitative estimate of drug-likeness (QED) is 0.161. The van der Waals surface area contributed by atoms with Crippen molar-refractivity contribution in [3.63, 3.8) is 0 Å². The largest absolute Gasteiger partial charge is 0.278 e. The van der Waals surface area contributed by atoms with Crippen molar-refractivity contribution in [2.24, 2.45) is 0 Å². The van der Waals surface area contributed by atoms with Crippen LogP contribution in [0.2, 0.25) is 0 Å². The summed E-state index contributed by atoms with van der Waals surface area (Å²) < 4.78 is 182. The van der Waals surface area contributed by atoms with Crippen molar-refractivity contribution in [1.29, 1.82) is 0 Å². The van der Waals surface area contributed by atoms with Crippen molar-refractivity contribution < 1.29 is 27.4 Å². The van der Waals surface area contributed by atoms with E-state index in [1.54, 1.807) is 24.3 Å². The van der Waals surface area contributed by atoms with Gasteiger partial charge in [0.2, 0.25) is 11.9 Å². The molecule has 0 aliphatic heterocycles. The third kappa shape index (κ3) is 5.98. The molecule has 0 fully saturated rings. The molecule has 0 amide bonds. The monoisotopic (exact) mass is 811 g/mol. The third-order valence-corrected chi connectivity index (χ3v) is 10.6. The van der Waals surface area contributed by atoms with E-state index in [-0.39, 0.29) is 38.6 Å². The Labute approximate surface area is 386 Å². The van der Waals surface area contributed by atoms with E-state index in [0.29, 0.717) is 0 Å². The van der Waals surface area contributed by atoms with Gasteiger partial charge < -0.3 is 0 Å². The molecule has 62 heavy (non-hydrogen) atoms. The Morgan fingerprint density at radius 1 is 0.306 bits per heavy atom. The Kier molecular flexibility index (Phi) is 4.91. The van der Waals surface area contributed by atoms with E-state index in [9.17, 15) is 9.60 Å². The van der Waals surface area contributed by atoms with Gasteiger partial charge >= 0.3 is 0 Å². The van der Waals surface area contributed by atoms with Crippen LogP contribution in [0, 0.1) is 0 Å². The van der Waals surface area contributed by atoms with Crippen LogP contribution >= 0.6 is 0 Å². The molecule has 3 heterocycles. The molecular formula is C57H37N5. The Morgan fingerprint density at radius 2 is 0.742 bits per heavy atom. The highest BCUT2D eigenvalue weighted by atomic mass is 15.3. The normalized spacial score (nSPS) is 16.1. The van der Waals surface area contributed by atoms with Crippen LogP contribution in [0.3, 0.4) is 0 Å². The van der Waals surface area contributed by atoms with Gasteiger partial charge in [0.05, 0.1) is 49.5 Å². The summed E-state index contributed by atoms with van der Waals surface area (Å²) in [5.74, 6) is -1.38. The average molecular weight is 812 g/mol. The maximum Gasteiger partial charge on any atom is 0.240 e. The first-order valence-electron chi connectivity index (χ1n) is 29.3. The summed E-state index contributed by atoms with van der Waals surface area (Å²) in [5, 5.41) is -1.44. The lowest BCUT2D eigenvalue weighted by molar-refractivity contribution is 0.893. The molecule has 0 saturated carbocycles. The van der Waals surface area contributed by atoms with Crippen LogP contribution in [0.4, 0.5) is 0 Å². The third-order valence-electron chi connectivity index (χ3n) is 10.6. The van der Waals surface area contributed by atoms with Crippen molar-refractivity contribution in [1.82, 2.24) is 24.1 Å². The second-order valence-corrected chi connectivity index (χ2v) is 14.1. The smallest absolute Gasteiger partial charge is 0.240 e. The average Bonchev–Trinajstić information content (AvgIpc) is 3.28. The van der Waals surface area contributed by atoms with Crippen molar-refractivity contribution >= 4 is 43.6 Å². The molecule has 5 heteroatoms. The standard InChI is InChI=1S/C57H37N5/c1-3-15-38(16-4-1)40-27-29-41(30-28-40)45-19-7-8-20-46(45)42-31-33-43(34-32-42)55-58-56(61-51-24-12-9-21-47(51)48-22-10-13-25-52(48)61)60-57(59-55)62-53-26-14-11-23-49(53)50-36-35-44(37-54(50)62)39-17-5-2-6-18-39/h1-37H/i2D,5D,6D,9D,10D,11D,12D,13D,14D,17D,18D,21D,22D,23D,24D,25D,26D,35D,36D,37D. The molecule has 290 valence electrons. The molecule has 0 aliphatic carbocycles. The molecule has 12 rings (SSSR count). The number of fused-ring (bicyclic) bond motifs is 6. The van der Waals surface area contributed by atoms with Crippen LogP contribution < -0.4 is 0 Å². The summed E-state index contributed by atoms with van der Waals surface area (Å²) in [6, 6.07) is 17.6. The van der Waals surface area contributed by atoms with Crippen LogP contribution in [0.1, 0.15) is 27.4 Å². The zero-order valence-corrected chi connectivity index (χ0v) is 32.1. The minimum absolute atomic E-state index is 0.232. The molecule has 0 atom stereocenters. The summed E-state index contributed by atoms with van der Waals surface area (Å²) in [4.78, 5) is 14.5. The van der Waals surface area contributed by atoms with E-state index in [1.165, 1.54) is 0 Å². The molecule has 0 bridgehead atoms. The number of hydrogen-bond donors (Lipinski definition) is 0. The number of aromatic nitrogens is 5. The first-order chi connectivity index (χ1) is 39.1. The Bertz CT molecular complexity index is 4690. The highest BCUT2D eigenvalue weighted by molar-refractivity contribution is 6.11. The fraction of sp³-hybridized carbons (Fsp3) is 0. The molecule has 0 spiro atoms. The summed E-state index contributed by atoms with van der Waals surface area (Å²) in [7, 11) is 0. The van der Waals surface area contributed by atoms with Gasteiger partial charge in [0.1, 0.15) is 0 Å². The second kappa shape index (κ2) is 14.7. The lowest BCUT2D eigenvalue weighted by atomic mass is 9.93. The first kappa shape index (κ1) is 20.7. The fourth-order valence-corrected chi connectivity index (χ4v) is 7.77. The molecular weight excluding hydrogens is 755 g/mol. The maximum absolute atomic E-state index is 9.90. The van der Waals surface area contributed by atoms with Gasteiger partial charge in [0, 0.05) is 27.1 Å². The summed E-state index contributed by atoms with van der Waals surface area (Å²) in [5.41, 5.74) is 2.74. The van der Waals surface area contributed by atoms with Gasteiger partial charge in [-0.3, -0.25) is 9.13 Å². The molecule has 3 aromatic heterocycles. The van der Waals surface area contributed by atoms with Crippen LogP contribution in [-0.2, 0) is 0 Å². The fourth-order valence-electron chi connectivity index (χ4n) is 7.77. The minimum atomic E-state index is -0.823. The molecule has 0 saturated heterocycles. The molecule has 0 radical (unpaired) electrons.